The molecule has 2 aliphatic heterocycles. The topological polar surface area (TPSA) is 113 Å². The second kappa shape index (κ2) is 9.48. The van der Waals surface area contributed by atoms with E-state index in [2.05, 4.69) is 25.4 Å². The quantitative estimate of drug-likeness (QED) is 0.557. The van der Waals surface area contributed by atoms with Crippen molar-refractivity contribution in [1.82, 2.24) is 35.0 Å². The number of aryl methyl sites for hydroxylation is 1. The van der Waals surface area contributed by atoms with Gasteiger partial charge in [0.15, 0.2) is 5.82 Å². The maximum atomic E-state index is 13.9. The van der Waals surface area contributed by atoms with Crippen LogP contribution in [-0.4, -0.2) is 79.7 Å². The smallest absolute Gasteiger partial charge is 0.227 e. The van der Waals surface area contributed by atoms with E-state index in [1.54, 1.807) is 19.1 Å². The van der Waals surface area contributed by atoms with Gasteiger partial charge in [-0.2, -0.15) is 9.94 Å². The Labute approximate surface area is 201 Å². The molecule has 0 saturated carbocycles. The molecular weight excluding hydrogens is 451 g/mol. The third-order valence-electron chi connectivity index (χ3n) is 6.87. The number of ether oxygens (including phenoxy) is 1. The summed E-state index contributed by atoms with van der Waals surface area (Å²) in [6, 6.07) is 8.78. The molecule has 0 aliphatic carbocycles. The summed E-state index contributed by atoms with van der Waals surface area (Å²) in [4.78, 5) is 21.8. The van der Waals surface area contributed by atoms with Gasteiger partial charge in [-0.25, -0.2) is 9.37 Å². The van der Waals surface area contributed by atoms with Gasteiger partial charge in [0.2, 0.25) is 5.91 Å². The number of aromatic nitrogens is 5. The highest BCUT2D eigenvalue weighted by atomic mass is 19.1. The number of morpholine rings is 1. The van der Waals surface area contributed by atoms with Gasteiger partial charge in [-0.1, -0.05) is 12.1 Å². The molecule has 10 nitrogen and oxygen atoms in total. The molecule has 0 radical (unpaired) electrons. The summed E-state index contributed by atoms with van der Waals surface area (Å²) in [7, 11) is 0. The summed E-state index contributed by atoms with van der Waals surface area (Å²) < 4.78 is 21.5. The molecule has 2 saturated heterocycles. The van der Waals surface area contributed by atoms with E-state index in [0.717, 1.165) is 23.4 Å². The molecule has 1 amide bonds. The third kappa shape index (κ3) is 4.50. The third-order valence-corrected chi connectivity index (χ3v) is 6.87. The average Bonchev–Trinajstić information content (AvgIpc) is 3.40. The zero-order valence-electron chi connectivity index (χ0n) is 19.6. The van der Waals surface area contributed by atoms with Crippen molar-refractivity contribution in [3.05, 3.63) is 64.4 Å². The first kappa shape index (κ1) is 23.0. The van der Waals surface area contributed by atoms with Crippen molar-refractivity contribution < 1.29 is 13.9 Å². The van der Waals surface area contributed by atoms with Gasteiger partial charge in [0.25, 0.3) is 0 Å². The van der Waals surface area contributed by atoms with Crippen LogP contribution in [0.3, 0.4) is 0 Å². The minimum atomic E-state index is -0.509. The highest BCUT2D eigenvalue weighted by molar-refractivity contribution is 5.79. The molecule has 3 aromatic rings. The van der Waals surface area contributed by atoms with E-state index in [9.17, 15) is 14.4 Å². The lowest BCUT2D eigenvalue weighted by Gasteiger charge is -2.46. The van der Waals surface area contributed by atoms with Crippen LogP contribution in [0.2, 0.25) is 0 Å². The van der Waals surface area contributed by atoms with Crippen molar-refractivity contribution in [2.45, 2.75) is 32.4 Å². The molecule has 5 rings (SSSR count). The summed E-state index contributed by atoms with van der Waals surface area (Å²) >= 11 is 0. The Morgan fingerprint density at radius 2 is 2.09 bits per heavy atom. The van der Waals surface area contributed by atoms with Gasteiger partial charge in [0, 0.05) is 31.9 Å². The van der Waals surface area contributed by atoms with Crippen molar-refractivity contribution >= 4 is 5.91 Å². The van der Waals surface area contributed by atoms with E-state index in [1.807, 2.05) is 24.0 Å². The van der Waals surface area contributed by atoms with Crippen molar-refractivity contribution in [2.75, 3.05) is 32.8 Å². The summed E-state index contributed by atoms with van der Waals surface area (Å²) in [5.41, 5.74) is 3.17. The van der Waals surface area contributed by atoms with E-state index in [4.69, 9.17) is 4.74 Å². The van der Waals surface area contributed by atoms with Crippen LogP contribution >= 0.6 is 0 Å². The van der Waals surface area contributed by atoms with Crippen molar-refractivity contribution in [2.24, 2.45) is 0 Å². The molecule has 0 N–H and O–H groups in total. The first-order valence-electron chi connectivity index (χ1n) is 11.5. The highest BCUT2D eigenvalue weighted by Crippen LogP contribution is 2.31. The van der Waals surface area contributed by atoms with Crippen LogP contribution in [0.4, 0.5) is 4.39 Å². The lowest BCUT2D eigenvalue weighted by Crippen LogP contribution is -2.59. The second-order valence-electron chi connectivity index (χ2n) is 8.90. The number of hydrogen-bond acceptors (Lipinski definition) is 8. The maximum absolute atomic E-state index is 13.9. The standard InChI is InChI=1S/C24H25FN8O2/c1-15-19(4-5-21(25)20(15)10-26)22-12-31-7-8-32(11-18(31)13-35-22)24(34)9-17-3-6-23(28-16(17)2)33-14-27-29-30-33/h3-6,14,18,22H,7-9,11-13H2,1-2H3/t18-,22-/m0/s1. The Hall–Kier alpha value is -3.75. The van der Waals surface area contributed by atoms with Crippen LogP contribution in [0.15, 0.2) is 30.6 Å². The zero-order valence-corrected chi connectivity index (χ0v) is 19.6. The maximum Gasteiger partial charge on any atom is 0.227 e. The summed E-state index contributed by atoms with van der Waals surface area (Å²) in [6.45, 7) is 6.70. The Morgan fingerprint density at radius 1 is 1.23 bits per heavy atom. The normalized spacial score (nSPS) is 20.3. The number of amides is 1. The Balaban J connectivity index is 1.21. The van der Waals surface area contributed by atoms with Crippen molar-refractivity contribution in [1.29, 1.82) is 5.26 Å². The van der Waals surface area contributed by atoms with E-state index >= 15 is 0 Å². The van der Waals surface area contributed by atoms with E-state index < -0.39 is 5.82 Å². The molecule has 11 heteroatoms. The number of nitriles is 1. The molecule has 0 bridgehead atoms. The van der Waals surface area contributed by atoms with Crippen LogP contribution in [0, 0.1) is 31.0 Å². The molecule has 180 valence electrons. The fourth-order valence-electron chi connectivity index (χ4n) is 4.81. The molecule has 0 spiro atoms. The number of carbonyl (C=O) groups is 1. The van der Waals surface area contributed by atoms with Crippen molar-refractivity contribution in [3.8, 4) is 11.9 Å². The first-order chi connectivity index (χ1) is 16.9. The minimum Gasteiger partial charge on any atom is -0.370 e. The summed E-state index contributed by atoms with van der Waals surface area (Å²) in [5.74, 6) is 0.148. The SMILES string of the molecule is Cc1nc(-n2cnnn2)ccc1CC(=O)N1CCN2C[C@@H](c3ccc(F)c(C#N)c3C)OC[C@@H]2C1. The first-order valence-corrected chi connectivity index (χ1v) is 11.5. The van der Waals surface area contributed by atoms with Gasteiger partial charge in [-0.15, -0.1) is 5.10 Å². The van der Waals surface area contributed by atoms with Gasteiger partial charge in [0.05, 0.1) is 30.7 Å². The number of pyridine rings is 1. The molecule has 1 aromatic carbocycles. The molecule has 4 heterocycles. The number of benzene rings is 1. The van der Waals surface area contributed by atoms with Gasteiger partial charge in [-0.3, -0.25) is 9.69 Å². The number of fused-ring (bicyclic) bond motifs is 1. The molecule has 2 atom stereocenters. The fourth-order valence-corrected chi connectivity index (χ4v) is 4.81. The molecular formula is C24H25FN8O2. The Bertz CT molecular complexity index is 1290. The Morgan fingerprint density at radius 3 is 2.83 bits per heavy atom. The number of hydrogen-bond donors (Lipinski definition) is 0. The number of carbonyl (C=O) groups excluding carboxylic acids is 1. The summed E-state index contributed by atoms with van der Waals surface area (Å²) in [5, 5.41) is 20.4. The van der Waals surface area contributed by atoms with Crippen LogP contribution in [0.25, 0.3) is 5.82 Å². The number of tetrazole rings is 1. The van der Waals surface area contributed by atoms with E-state index in [0.29, 0.717) is 37.6 Å². The largest absolute Gasteiger partial charge is 0.370 e. The molecule has 0 unspecified atom stereocenters. The highest BCUT2D eigenvalue weighted by Gasteiger charge is 2.36. The molecule has 35 heavy (non-hydrogen) atoms. The predicted molar refractivity (Wildman–Crippen MR) is 122 cm³/mol. The minimum absolute atomic E-state index is 0.0555. The summed E-state index contributed by atoms with van der Waals surface area (Å²) in [6.07, 6.45) is 1.52. The van der Waals surface area contributed by atoms with E-state index in [1.165, 1.54) is 17.1 Å². The average molecular weight is 477 g/mol. The van der Waals surface area contributed by atoms with Gasteiger partial charge in [0.1, 0.15) is 18.2 Å². The monoisotopic (exact) mass is 476 g/mol. The lowest BCUT2D eigenvalue weighted by molar-refractivity contribution is -0.139. The number of rotatable bonds is 4. The van der Waals surface area contributed by atoms with Crippen LogP contribution in [-0.2, 0) is 16.0 Å². The predicted octanol–water partition coefficient (Wildman–Crippen LogP) is 1.51. The molecule has 2 aromatic heterocycles. The van der Waals surface area contributed by atoms with E-state index in [-0.39, 0.29) is 30.0 Å². The number of nitrogens with zero attached hydrogens (tertiary/aromatic N) is 8. The number of halogens is 1. The lowest BCUT2D eigenvalue weighted by atomic mass is 9.96. The van der Waals surface area contributed by atoms with Gasteiger partial charge >= 0.3 is 0 Å². The van der Waals surface area contributed by atoms with Crippen LogP contribution in [0.1, 0.15) is 34.1 Å². The second-order valence-corrected chi connectivity index (χ2v) is 8.90. The van der Waals surface area contributed by atoms with Crippen LogP contribution in [0.5, 0.6) is 0 Å². The Kier molecular flexibility index (Phi) is 6.23. The van der Waals surface area contributed by atoms with Crippen molar-refractivity contribution in [3.63, 3.8) is 0 Å². The fraction of sp³-hybridized carbons (Fsp3) is 0.417. The van der Waals surface area contributed by atoms with Gasteiger partial charge < -0.3 is 9.64 Å². The zero-order chi connectivity index (χ0) is 24.5. The number of piperazine rings is 1. The van der Waals surface area contributed by atoms with Gasteiger partial charge in [-0.05, 0) is 53.1 Å². The van der Waals surface area contributed by atoms with Crippen LogP contribution < -0.4 is 0 Å². The molecule has 2 fully saturated rings. The molecule has 2 aliphatic rings.